The highest BCUT2D eigenvalue weighted by Gasteiger charge is 2.19. The molecule has 24 heavy (non-hydrogen) atoms. The molecule has 0 radical (unpaired) electrons. The summed E-state index contributed by atoms with van der Waals surface area (Å²) in [7, 11) is 0. The second-order valence-electron chi connectivity index (χ2n) is 6.20. The first-order valence-corrected chi connectivity index (χ1v) is 9.15. The van der Waals surface area contributed by atoms with Crippen LogP contribution in [0.1, 0.15) is 49.4 Å². The van der Waals surface area contributed by atoms with Crippen LogP contribution in [0.4, 0.5) is 0 Å². The average Bonchev–Trinajstić information content (AvgIpc) is 2.54. The fourth-order valence-electron chi connectivity index (χ4n) is 2.96. The summed E-state index contributed by atoms with van der Waals surface area (Å²) in [5, 5.41) is 1.03. The third-order valence-electron chi connectivity index (χ3n) is 4.45. The van der Waals surface area contributed by atoms with Crippen LogP contribution in [-0.2, 0) is 6.42 Å². The van der Waals surface area contributed by atoms with Crippen LogP contribution in [-0.4, -0.2) is 6.10 Å². The van der Waals surface area contributed by atoms with E-state index in [-0.39, 0.29) is 11.7 Å². The van der Waals surface area contributed by atoms with E-state index in [1.165, 1.54) is 0 Å². The minimum absolute atomic E-state index is 0.0966. The standard InChI is InChI=1S/C20H25BrO3/c1-7-9-15-17(23-14(6)16(21)8-2)10-11(3)18-12(4)13(5)20(22)24-19(15)18/h8,10,14H,7,9H2,1-6H3. The normalized spacial score (nSPS) is 13.4. The van der Waals surface area contributed by atoms with E-state index in [1.54, 1.807) is 0 Å². The van der Waals surface area contributed by atoms with Crippen LogP contribution in [0.3, 0.4) is 0 Å². The third-order valence-corrected chi connectivity index (χ3v) is 5.55. The Bertz CT molecular complexity index is 846. The number of hydrogen-bond acceptors (Lipinski definition) is 3. The molecule has 0 N–H and O–H groups in total. The fourth-order valence-corrected chi connectivity index (χ4v) is 3.05. The van der Waals surface area contributed by atoms with Gasteiger partial charge in [-0.15, -0.1) is 0 Å². The smallest absolute Gasteiger partial charge is 0.339 e. The third kappa shape index (κ3) is 3.44. The molecule has 2 rings (SSSR count). The number of allylic oxidation sites excluding steroid dienone is 1. The second-order valence-corrected chi connectivity index (χ2v) is 7.11. The van der Waals surface area contributed by atoms with E-state index in [2.05, 4.69) is 28.9 Å². The van der Waals surface area contributed by atoms with Gasteiger partial charge in [-0.25, -0.2) is 4.79 Å². The van der Waals surface area contributed by atoms with Crippen LogP contribution in [0.15, 0.2) is 25.8 Å². The Morgan fingerprint density at radius 3 is 2.58 bits per heavy atom. The summed E-state index contributed by atoms with van der Waals surface area (Å²) in [5.41, 5.74) is 4.10. The molecule has 4 heteroatoms. The van der Waals surface area contributed by atoms with Crippen molar-refractivity contribution >= 4 is 26.9 Å². The molecule has 1 heterocycles. The molecule has 130 valence electrons. The van der Waals surface area contributed by atoms with Gasteiger partial charge in [0.1, 0.15) is 17.4 Å². The molecular weight excluding hydrogens is 368 g/mol. The van der Waals surface area contributed by atoms with Crippen LogP contribution in [0.5, 0.6) is 5.75 Å². The van der Waals surface area contributed by atoms with Crippen LogP contribution < -0.4 is 10.4 Å². The minimum Gasteiger partial charge on any atom is -0.485 e. The van der Waals surface area contributed by atoms with Gasteiger partial charge >= 0.3 is 5.63 Å². The van der Waals surface area contributed by atoms with Crippen LogP contribution >= 0.6 is 15.9 Å². The molecule has 0 aliphatic carbocycles. The number of ether oxygens (including phenoxy) is 1. The van der Waals surface area contributed by atoms with E-state index in [0.29, 0.717) is 11.1 Å². The van der Waals surface area contributed by atoms with Gasteiger partial charge in [-0.3, -0.25) is 0 Å². The van der Waals surface area contributed by atoms with E-state index < -0.39 is 0 Å². The summed E-state index contributed by atoms with van der Waals surface area (Å²) in [5.74, 6) is 0.791. The Morgan fingerprint density at radius 1 is 1.33 bits per heavy atom. The van der Waals surface area contributed by atoms with Gasteiger partial charge < -0.3 is 9.15 Å². The molecule has 3 nitrogen and oxygen atoms in total. The summed E-state index contributed by atoms with van der Waals surface area (Å²) < 4.78 is 12.8. The molecule has 0 saturated carbocycles. The molecule has 0 spiro atoms. The Kier molecular flexibility index (Phi) is 5.92. The first kappa shape index (κ1) is 18.8. The molecule has 0 aliphatic heterocycles. The van der Waals surface area contributed by atoms with Gasteiger partial charge in [0.05, 0.1) is 0 Å². The lowest BCUT2D eigenvalue weighted by Gasteiger charge is -2.20. The Balaban J connectivity index is 2.75. The van der Waals surface area contributed by atoms with Crippen LogP contribution in [0, 0.1) is 20.8 Å². The number of benzene rings is 1. The highest BCUT2D eigenvalue weighted by molar-refractivity contribution is 9.11. The zero-order valence-electron chi connectivity index (χ0n) is 15.2. The van der Waals surface area contributed by atoms with E-state index in [4.69, 9.17) is 9.15 Å². The topological polar surface area (TPSA) is 39.4 Å². The molecule has 1 atom stereocenters. The zero-order valence-corrected chi connectivity index (χ0v) is 16.8. The van der Waals surface area contributed by atoms with Crippen molar-refractivity contribution in [2.45, 2.75) is 60.5 Å². The second kappa shape index (κ2) is 7.56. The number of halogens is 1. The van der Waals surface area contributed by atoms with Crippen molar-refractivity contribution in [3.63, 3.8) is 0 Å². The first-order chi connectivity index (χ1) is 11.3. The SMILES string of the molecule is CC=C(Br)C(C)Oc1cc(C)c2c(C)c(C)c(=O)oc2c1CCC. The Morgan fingerprint density at radius 2 is 2.00 bits per heavy atom. The van der Waals surface area contributed by atoms with Crippen LogP contribution in [0.2, 0.25) is 0 Å². The molecule has 0 bridgehead atoms. The van der Waals surface area contributed by atoms with Gasteiger partial charge in [0, 0.05) is 21.0 Å². The highest BCUT2D eigenvalue weighted by Crippen LogP contribution is 2.35. The average molecular weight is 393 g/mol. The number of hydrogen-bond donors (Lipinski definition) is 0. The van der Waals surface area contributed by atoms with Crippen molar-refractivity contribution in [2.75, 3.05) is 0 Å². The van der Waals surface area contributed by atoms with Gasteiger partial charge in [0.2, 0.25) is 0 Å². The quantitative estimate of drug-likeness (QED) is 0.609. The maximum absolute atomic E-state index is 12.2. The summed E-state index contributed by atoms with van der Waals surface area (Å²) >= 11 is 3.53. The molecule has 0 fully saturated rings. The van der Waals surface area contributed by atoms with Crippen molar-refractivity contribution in [2.24, 2.45) is 0 Å². The van der Waals surface area contributed by atoms with Gasteiger partial charge in [-0.1, -0.05) is 35.4 Å². The molecule has 1 aromatic heterocycles. The molecule has 0 amide bonds. The van der Waals surface area contributed by atoms with Crippen molar-refractivity contribution in [1.82, 2.24) is 0 Å². The maximum atomic E-state index is 12.2. The maximum Gasteiger partial charge on any atom is 0.339 e. The van der Waals surface area contributed by atoms with Crippen molar-refractivity contribution in [3.05, 3.63) is 49.3 Å². The van der Waals surface area contributed by atoms with Gasteiger partial charge in [0.15, 0.2) is 0 Å². The van der Waals surface area contributed by atoms with Crippen molar-refractivity contribution in [1.29, 1.82) is 0 Å². The lowest BCUT2D eigenvalue weighted by Crippen LogP contribution is -2.14. The van der Waals surface area contributed by atoms with Crippen molar-refractivity contribution < 1.29 is 9.15 Å². The number of aryl methyl sites for hydroxylation is 3. The van der Waals surface area contributed by atoms with E-state index >= 15 is 0 Å². The van der Waals surface area contributed by atoms with E-state index in [1.807, 2.05) is 40.7 Å². The van der Waals surface area contributed by atoms with Gasteiger partial charge in [0.25, 0.3) is 0 Å². The van der Waals surface area contributed by atoms with Crippen LogP contribution in [0.25, 0.3) is 11.0 Å². The molecule has 0 saturated heterocycles. The molecule has 1 aromatic carbocycles. The van der Waals surface area contributed by atoms with Crippen molar-refractivity contribution in [3.8, 4) is 5.75 Å². The first-order valence-electron chi connectivity index (χ1n) is 8.36. The lowest BCUT2D eigenvalue weighted by molar-refractivity contribution is 0.264. The number of fused-ring (bicyclic) bond motifs is 1. The van der Waals surface area contributed by atoms with E-state index in [9.17, 15) is 4.79 Å². The van der Waals surface area contributed by atoms with Gasteiger partial charge in [-0.05, 0) is 58.2 Å². The lowest BCUT2D eigenvalue weighted by atomic mass is 9.97. The summed E-state index contributed by atoms with van der Waals surface area (Å²) in [6.07, 6.45) is 3.63. The predicted molar refractivity (Wildman–Crippen MR) is 103 cm³/mol. The molecule has 0 aliphatic rings. The summed E-state index contributed by atoms with van der Waals surface area (Å²) in [6.45, 7) is 11.9. The fraction of sp³-hybridized carbons (Fsp3) is 0.450. The molecular formula is C20H25BrO3. The Hall–Kier alpha value is -1.55. The minimum atomic E-state index is -0.267. The predicted octanol–water partition coefficient (Wildman–Crippen LogP) is 5.74. The molecule has 2 aromatic rings. The van der Waals surface area contributed by atoms with Gasteiger partial charge in [-0.2, -0.15) is 0 Å². The summed E-state index contributed by atoms with van der Waals surface area (Å²) in [4.78, 5) is 12.2. The zero-order chi connectivity index (χ0) is 18.0. The molecule has 1 unspecified atom stereocenters. The Labute approximate surface area is 151 Å². The largest absolute Gasteiger partial charge is 0.485 e. The number of rotatable bonds is 5. The van der Waals surface area contributed by atoms with E-state index in [0.717, 1.165) is 45.2 Å². The highest BCUT2D eigenvalue weighted by atomic mass is 79.9. The summed E-state index contributed by atoms with van der Waals surface area (Å²) in [6, 6.07) is 2.06. The monoisotopic (exact) mass is 392 g/mol.